The number of aromatic nitrogens is 1. The zero-order chi connectivity index (χ0) is 12.3. The van der Waals surface area contributed by atoms with E-state index < -0.39 is 30.4 Å². The van der Waals surface area contributed by atoms with Crippen molar-refractivity contribution in [1.29, 1.82) is 0 Å². The topological polar surface area (TPSA) is 42.4 Å². The first-order chi connectivity index (χ1) is 7.37. The van der Waals surface area contributed by atoms with Crippen LogP contribution in [-0.4, -0.2) is 16.5 Å². The molecule has 0 amide bonds. The number of nitrogens with zero attached hydrogens (tertiary/aromatic N) is 1. The Bertz CT molecular complexity index is 383. The number of ether oxygens (including phenoxy) is 1. The second-order valence-corrected chi connectivity index (χ2v) is 2.99. The van der Waals surface area contributed by atoms with Crippen LogP contribution in [0.3, 0.4) is 0 Å². The predicted molar refractivity (Wildman–Crippen MR) is 46.4 cm³/mol. The molecular formula is C8H6ClF4NO2. The van der Waals surface area contributed by atoms with Crippen molar-refractivity contribution >= 4 is 11.6 Å². The summed E-state index contributed by atoms with van der Waals surface area (Å²) in [6.45, 7) is -0.831. The van der Waals surface area contributed by atoms with E-state index in [1.54, 1.807) is 0 Å². The van der Waals surface area contributed by atoms with Gasteiger partial charge in [0.05, 0.1) is 12.5 Å². The smallest absolute Gasteiger partial charge is 0.390 e. The number of hydrogen-bond acceptors (Lipinski definition) is 3. The number of alkyl halides is 4. The quantitative estimate of drug-likeness (QED) is 0.669. The molecule has 0 bridgehead atoms. The maximum atomic E-state index is 13.0. The van der Waals surface area contributed by atoms with Crippen LogP contribution in [0.25, 0.3) is 0 Å². The number of hydrogen-bond donors (Lipinski definition) is 1. The first-order valence-electron chi connectivity index (χ1n) is 3.98. The summed E-state index contributed by atoms with van der Waals surface area (Å²) in [6, 6.07) is 0.743. The van der Waals surface area contributed by atoms with Gasteiger partial charge in [-0.25, -0.2) is 9.37 Å². The summed E-state index contributed by atoms with van der Waals surface area (Å²) in [4.78, 5) is 3.20. The van der Waals surface area contributed by atoms with Crippen molar-refractivity contribution in [2.45, 2.75) is 18.8 Å². The summed E-state index contributed by atoms with van der Waals surface area (Å²) in [7, 11) is 0. The Morgan fingerprint density at radius 3 is 2.50 bits per heavy atom. The molecule has 0 aliphatic carbocycles. The third-order valence-corrected chi connectivity index (χ3v) is 1.88. The highest BCUT2D eigenvalue weighted by atomic mass is 35.5. The van der Waals surface area contributed by atoms with Gasteiger partial charge in [0.2, 0.25) is 5.88 Å². The van der Waals surface area contributed by atoms with Crippen LogP contribution in [-0.2, 0) is 12.5 Å². The summed E-state index contributed by atoms with van der Waals surface area (Å²) < 4.78 is 52.4. The summed E-state index contributed by atoms with van der Waals surface area (Å²) in [5.74, 6) is -2.18. The Hall–Kier alpha value is -1.08. The van der Waals surface area contributed by atoms with Gasteiger partial charge >= 0.3 is 6.36 Å². The third kappa shape index (κ3) is 3.21. The highest BCUT2D eigenvalue weighted by Gasteiger charge is 2.33. The van der Waals surface area contributed by atoms with Crippen molar-refractivity contribution in [3.8, 4) is 5.88 Å². The molecule has 16 heavy (non-hydrogen) atoms. The molecule has 0 aromatic carbocycles. The standard InChI is InChI=1S/C8H6ClF4NO2/c9-2-4-1-5(10)6(3-15)14-7(4)16-8(11,12)13/h1,15H,2-3H2. The SMILES string of the molecule is OCc1nc(OC(F)(F)F)c(CCl)cc1F. The lowest BCUT2D eigenvalue weighted by Crippen LogP contribution is -2.19. The van der Waals surface area contributed by atoms with Crippen LogP contribution >= 0.6 is 11.6 Å². The second kappa shape index (κ2) is 4.84. The molecule has 1 aromatic heterocycles. The fourth-order valence-electron chi connectivity index (χ4n) is 0.950. The molecule has 3 nitrogen and oxygen atoms in total. The Balaban J connectivity index is 3.15. The monoisotopic (exact) mass is 259 g/mol. The molecule has 0 saturated carbocycles. The molecule has 0 aliphatic heterocycles. The van der Waals surface area contributed by atoms with Crippen LogP contribution in [0.2, 0.25) is 0 Å². The summed E-state index contributed by atoms with van der Waals surface area (Å²) in [6.07, 6.45) is -4.95. The fraction of sp³-hybridized carbons (Fsp3) is 0.375. The summed E-state index contributed by atoms with van der Waals surface area (Å²) in [5, 5.41) is 8.63. The van der Waals surface area contributed by atoms with E-state index in [2.05, 4.69) is 9.72 Å². The maximum Gasteiger partial charge on any atom is 0.574 e. The molecule has 0 saturated heterocycles. The normalized spacial score (nSPS) is 11.6. The number of aliphatic hydroxyl groups is 1. The largest absolute Gasteiger partial charge is 0.574 e. The van der Waals surface area contributed by atoms with Crippen molar-refractivity contribution < 1.29 is 27.4 Å². The molecule has 0 atom stereocenters. The first-order valence-corrected chi connectivity index (χ1v) is 4.51. The van der Waals surface area contributed by atoms with E-state index in [0.717, 1.165) is 6.07 Å². The highest BCUT2D eigenvalue weighted by Crippen LogP contribution is 2.27. The predicted octanol–water partition coefficient (Wildman–Crippen LogP) is 2.35. The average Bonchev–Trinajstić information content (AvgIpc) is 2.18. The minimum atomic E-state index is -4.95. The van der Waals surface area contributed by atoms with E-state index in [-0.39, 0.29) is 11.4 Å². The van der Waals surface area contributed by atoms with Crippen molar-refractivity contribution in [3.05, 3.63) is 23.1 Å². The zero-order valence-electron chi connectivity index (χ0n) is 7.68. The number of aliphatic hydroxyl groups excluding tert-OH is 1. The van der Waals surface area contributed by atoms with Crippen LogP contribution in [0.1, 0.15) is 11.3 Å². The number of pyridine rings is 1. The summed E-state index contributed by atoms with van der Waals surface area (Å²) >= 11 is 5.31. The Morgan fingerprint density at radius 2 is 2.06 bits per heavy atom. The van der Waals surface area contributed by atoms with E-state index in [1.807, 2.05) is 0 Å². The number of halogens is 5. The lowest BCUT2D eigenvalue weighted by atomic mass is 10.2. The number of rotatable bonds is 3. The molecule has 1 aromatic rings. The maximum absolute atomic E-state index is 13.0. The van der Waals surface area contributed by atoms with Gasteiger partial charge in [-0.1, -0.05) is 0 Å². The van der Waals surface area contributed by atoms with Crippen LogP contribution in [0, 0.1) is 5.82 Å². The van der Waals surface area contributed by atoms with Crippen molar-refractivity contribution in [2.75, 3.05) is 0 Å². The average molecular weight is 260 g/mol. The van der Waals surface area contributed by atoms with Crippen molar-refractivity contribution in [2.24, 2.45) is 0 Å². The van der Waals surface area contributed by atoms with Gasteiger partial charge in [-0.3, -0.25) is 0 Å². The van der Waals surface area contributed by atoms with Crippen LogP contribution < -0.4 is 4.74 Å². The van der Waals surface area contributed by atoms with E-state index in [1.165, 1.54) is 0 Å². The fourth-order valence-corrected chi connectivity index (χ4v) is 1.14. The van der Waals surface area contributed by atoms with E-state index in [4.69, 9.17) is 16.7 Å². The Morgan fingerprint density at radius 1 is 1.44 bits per heavy atom. The van der Waals surface area contributed by atoms with E-state index >= 15 is 0 Å². The molecular weight excluding hydrogens is 254 g/mol. The lowest BCUT2D eigenvalue weighted by molar-refractivity contribution is -0.276. The molecule has 0 aliphatic rings. The molecule has 0 radical (unpaired) electrons. The second-order valence-electron chi connectivity index (χ2n) is 2.72. The van der Waals surface area contributed by atoms with Gasteiger partial charge in [-0.05, 0) is 6.07 Å². The van der Waals surface area contributed by atoms with Crippen LogP contribution in [0.5, 0.6) is 5.88 Å². The zero-order valence-corrected chi connectivity index (χ0v) is 8.44. The van der Waals surface area contributed by atoms with Gasteiger partial charge in [0.1, 0.15) is 11.5 Å². The Labute approximate surface area is 92.6 Å². The molecule has 0 spiro atoms. The van der Waals surface area contributed by atoms with E-state index in [9.17, 15) is 17.6 Å². The van der Waals surface area contributed by atoms with Gasteiger partial charge < -0.3 is 9.84 Å². The molecule has 0 fully saturated rings. The highest BCUT2D eigenvalue weighted by molar-refractivity contribution is 6.17. The van der Waals surface area contributed by atoms with Gasteiger partial charge in [-0.2, -0.15) is 0 Å². The van der Waals surface area contributed by atoms with Crippen LogP contribution in [0.15, 0.2) is 6.07 Å². The van der Waals surface area contributed by atoms with Crippen molar-refractivity contribution in [1.82, 2.24) is 4.98 Å². The molecule has 90 valence electrons. The van der Waals surface area contributed by atoms with Gasteiger partial charge in [0.15, 0.2) is 0 Å². The minimum Gasteiger partial charge on any atom is -0.390 e. The minimum absolute atomic E-state index is 0.242. The first kappa shape index (κ1) is 13.0. The Kier molecular flexibility index (Phi) is 3.93. The van der Waals surface area contributed by atoms with Crippen LogP contribution in [0.4, 0.5) is 17.6 Å². The van der Waals surface area contributed by atoms with Gasteiger partial charge in [-0.15, -0.1) is 24.8 Å². The van der Waals surface area contributed by atoms with Gasteiger partial charge in [0, 0.05) is 5.56 Å². The van der Waals surface area contributed by atoms with E-state index in [0.29, 0.717) is 0 Å². The van der Waals surface area contributed by atoms with Gasteiger partial charge in [0.25, 0.3) is 0 Å². The van der Waals surface area contributed by atoms with Crippen molar-refractivity contribution in [3.63, 3.8) is 0 Å². The third-order valence-electron chi connectivity index (χ3n) is 1.59. The summed E-state index contributed by atoms with van der Waals surface area (Å²) in [5.41, 5.74) is -0.776. The lowest BCUT2D eigenvalue weighted by Gasteiger charge is -2.12. The molecule has 0 unspecified atom stereocenters. The molecule has 1 N–H and O–H groups in total. The molecule has 1 rings (SSSR count). The molecule has 8 heteroatoms. The molecule has 1 heterocycles.